The number of likely N-dealkylation sites (tertiary alicyclic amines) is 1. The molecule has 2 bridgehead atoms. The monoisotopic (exact) mass is 295 g/mol. The molecule has 0 aromatic rings. The molecule has 2 amide bonds. The molecule has 0 N–H and O–H groups in total. The highest BCUT2D eigenvalue weighted by molar-refractivity contribution is 6.78. The highest BCUT2D eigenvalue weighted by atomic mass is 28.3. The first-order valence-electron chi connectivity index (χ1n) is 7.58. The van der Waals surface area contributed by atoms with E-state index in [9.17, 15) is 9.59 Å². The molecule has 3 rings (SSSR count). The van der Waals surface area contributed by atoms with Crippen molar-refractivity contribution in [2.24, 2.45) is 17.8 Å². The Morgan fingerprint density at radius 1 is 1.25 bits per heavy atom. The molecule has 2 aliphatic carbocycles. The van der Waals surface area contributed by atoms with Crippen LogP contribution in [0.3, 0.4) is 0 Å². The maximum absolute atomic E-state index is 12.4. The molecule has 0 radical (unpaired) electrons. The van der Waals surface area contributed by atoms with Gasteiger partial charge in [-0.2, -0.15) is 0 Å². The number of carbonyl (C=O) groups excluding carboxylic acids is 2. The topological polar surface area (TPSA) is 46.6 Å². The Morgan fingerprint density at radius 2 is 1.85 bits per heavy atom. The molecule has 1 unspecified atom stereocenters. The van der Waals surface area contributed by atoms with Gasteiger partial charge in [-0.1, -0.05) is 19.6 Å². The van der Waals surface area contributed by atoms with Crippen LogP contribution in [0.15, 0.2) is 0 Å². The summed E-state index contributed by atoms with van der Waals surface area (Å²) in [5.41, 5.74) is 0.169. The van der Waals surface area contributed by atoms with Crippen LogP contribution in [0, 0.1) is 17.8 Å². The number of carbonyl (C=O) groups is 2. The average molecular weight is 295 g/mol. The quantitative estimate of drug-likeness (QED) is 0.698. The van der Waals surface area contributed by atoms with Crippen molar-refractivity contribution < 1.29 is 14.3 Å². The van der Waals surface area contributed by atoms with Gasteiger partial charge < -0.3 is 4.74 Å². The molecule has 20 heavy (non-hydrogen) atoms. The third-order valence-corrected chi connectivity index (χ3v) is 7.78. The molecular weight excluding hydrogens is 270 g/mol. The molecule has 4 nitrogen and oxygen atoms in total. The van der Waals surface area contributed by atoms with Crippen molar-refractivity contribution in [2.45, 2.75) is 64.0 Å². The van der Waals surface area contributed by atoms with E-state index in [0.29, 0.717) is 17.4 Å². The third-order valence-electron chi connectivity index (χ3n) is 5.01. The normalized spacial score (nSPS) is 39.0. The van der Waals surface area contributed by atoms with Gasteiger partial charge in [-0.3, -0.25) is 4.79 Å². The molecule has 112 valence electrons. The Kier molecular flexibility index (Phi) is 2.73. The summed E-state index contributed by atoms with van der Waals surface area (Å²) >= 11 is 0. The summed E-state index contributed by atoms with van der Waals surface area (Å²) < 4.78 is 5.41. The van der Waals surface area contributed by atoms with Crippen molar-refractivity contribution in [1.82, 2.24) is 4.90 Å². The van der Waals surface area contributed by atoms with E-state index < -0.39 is 19.8 Å². The number of amides is 2. The minimum absolute atomic E-state index is 0.0197. The molecule has 0 spiro atoms. The fourth-order valence-corrected chi connectivity index (χ4v) is 7.62. The number of imide groups is 1. The second kappa shape index (κ2) is 3.87. The Hall–Kier alpha value is -0.843. The molecule has 1 aliphatic heterocycles. The highest BCUT2D eigenvalue weighted by Crippen LogP contribution is 2.72. The van der Waals surface area contributed by atoms with Crippen LogP contribution in [-0.2, 0) is 9.53 Å². The van der Waals surface area contributed by atoms with Crippen molar-refractivity contribution in [3.63, 3.8) is 0 Å². The molecular formula is C15H25NO3Si. The minimum atomic E-state index is -1.23. The summed E-state index contributed by atoms with van der Waals surface area (Å²) in [5.74, 6) is 1.25. The molecule has 2 saturated carbocycles. The van der Waals surface area contributed by atoms with E-state index in [1.807, 2.05) is 20.8 Å². The van der Waals surface area contributed by atoms with Crippen LogP contribution in [0.5, 0.6) is 0 Å². The number of rotatable bonds is 1. The fraction of sp³-hybridized carbons (Fsp3) is 0.867. The van der Waals surface area contributed by atoms with E-state index in [1.165, 1.54) is 4.90 Å². The molecule has 3 aliphatic rings. The van der Waals surface area contributed by atoms with Gasteiger partial charge in [0, 0.05) is 20.0 Å². The lowest BCUT2D eigenvalue weighted by molar-refractivity contribution is -0.133. The molecule has 5 atom stereocenters. The number of ether oxygens (including phenoxy) is 1. The Balaban J connectivity index is 1.78. The van der Waals surface area contributed by atoms with Gasteiger partial charge in [0.1, 0.15) is 5.60 Å². The standard InChI is InChI=1S/C15H25NO3Si/c1-15(2,3)19-14(18)16-9-7-8(13(16)17)10-11(9)12(10)20(4,5)6/h8-12H,7H2,1-6H3/t8-,9-,10+,11-,12?/m0/s1. The van der Waals surface area contributed by atoms with Gasteiger partial charge in [0.15, 0.2) is 0 Å². The second-order valence-corrected chi connectivity index (χ2v) is 14.0. The summed E-state index contributed by atoms with van der Waals surface area (Å²) in [6, 6.07) is 0.115. The van der Waals surface area contributed by atoms with Crippen molar-refractivity contribution in [3.05, 3.63) is 0 Å². The lowest BCUT2D eigenvalue weighted by Crippen LogP contribution is -2.45. The van der Waals surface area contributed by atoms with Crippen LogP contribution in [0.25, 0.3) is 0 Å². The predicted octanol–water partition coefficient (Wildman–Crippen LogP) is 3.11. The van der Waals surface area contributed by atoms with E-state index in [1.54, 1.807) is 0 Å². The smallest absolute Gasteiger partial charge is 0.417 e. The number of hydrogen-bond acceptors (Lipinski definition) is 3. The largest absolute Gasteiger partial charge is 0.443 e. The van der Waals surface area contributed by atoms with Gasteiger partial charge in [-0.05, 0) is 44.6 Å². The summed E-state index contributed by atoms with van der Waals surface area (Å²) in [7, 11) is -1.23. The van der Waals surface area contributed by atoms with Crippen LogP contribution < -0.4 is 0 Å². The first-order valence-corrected chi connectivity index (χ1v) is 11.2. The second-order valence-electron chi connectivity index (χ2n) is 8.64. The predicted molar refractivity (Wildman–Crippen MR) is 79.1 cm³/mol. The molecule has 0 aromatic carbocycles. The zero-order valence-electron chi connectivity index (χ0n) is 13.3. The third kappa shape index (κ3) is 1.93. The van der Waals surface area contributed by atoms with Gasteiger partial charge in [0.2, 0.25) is 5.91 Å². The lowest BCUT2D eigenvalue weighted by atomic mass is 10.1. The van der Waals surface area contributed by atoms with Gasteiger partial charge >= 0.3 is 6.09 Å². The van der Waals surface area contributed by atoms with Gasteiger partial charge in [0.05, 0.1) is 0 Å². The van der Waals surface area contributed by atoms with Crippen molar-refractivity contribution in [1.29, 1.82) is 0 Å². The molecule has 5 heteroatoms. The summed E-state index contributed by atoms with van der Waals surface area (Å²) in [6.07, 6.45) is 0.434. The van der Waals surface area contributed by atoms with E-state index in [2.05, 4.69) is 19.6 Å². The van der Waals surface area contributed by atoms with Crippen LogP contribution in [0.4, 0.5) is 4.79 Å². The van der Waals surface area contributed by atoms with E-state index in [4.69, 9.17) is 4.74 Å². The van der Waals surface area contributed by atoms with Crippen LogP contribution in [-0.4, -0.2) is 36.6 Å². The molecule has 0 aromatic heterocycles. The first-order chi connectivity index (χ1) is 9.02. The van der Waals surface area contributed by atoms with Crippen molar-refractivity contribution >= 4 is 20.1 Å². The number of nitrogens with zero attached hydrogens (tertiary/aromatic N) is 1. The number of hydrogen-bond donors (Lipinski definition) is 0. The highest BCUT2D eigenvalue weighted by Gasteiger charge is 2.74. The van der Waals surface area contributed by atoms with Crippen LogP contribution >= 0.6 is 0 Å². The minimum Gasteiger partial charge on any atom is -0.443 e. The Bertz CT molecular complexity index is 476. The maximum atomic E-state index is 12.4. The molecule has 1 saturated heterocycles. The van der Waals surface area contributed by atoms with E-state index in [-0.39, 0.29) is 17.9 Å². The summed E-state index contributed by atoms with van der Waals surface area (Å²) in [6.45, 7) is 12.6. The zero-order chi connectivity index (χ0) is 15.0. The lowest BCUT2D eigenvalue weighted by Gasteiger charge is -2.29. The van der Waals surface area contributed by atoms with E-state index >= 15 is 0 Å². The van der Waals surface area contributed by atoms with Gasteiger partial charge in [-0.25, -0.2) is 9.69 Å². The van der Waals surface area contributed by atoms with Gasteiger partial charge in [-0.15, -0.1) is 0 Å². The fourth-order valence-electron chi connectivity index (χ4n) is 4.52. The average Bonchev–Trinajstić information content (AvgIpc) is 2.77. The maximum Gasteiger partial charge on any atom is 0.417 e. The molecule has 3 fully saturated rings. The van der Waals surface area contributed by atoms with Gasteiger partial charge in [0.25, 0.3) is 0 Å². The number of fused-ring (bicyclic) bond motifs is 5. The van der Waals surface area contributed by atoms with Crippen LogP contribution in [0.2, 0.25) is 25.2 Å². The van der Waals surface area contributed by atoms with E-state index in [0.717, 1.165) is 6.42 Å². The zero-order valence-corrected chi connectivity index (χ0v) is 14.3. The van der Waals surface area contributed by atoms with Crippen LogP contribution in [0.1, 0.15) is 27.2 Å². The number of piperidine rings is 1. The Labute approximate surface area is 121 Å². The summed E-state index contributed by atoms with van der Waals surface area (Å²) in [5, 5.41) is 0. The summed E-state index contributed by atoms with van der Waals surface area (Å²) in [4.78, 5) is 26.2. The molecule has 1 heterocycles. The Morgan fingerprint density at radius 3 is 2.35 bits per heavy atom. The van der Waals surface area contributed by atoms with Crippen molar-refractivity contribution in [3.8, 4) is 0 Å². The first kappa shape index (κ1) is 14.1. The van der Waals surface area contributed by atoms with Crippen molar-refractivity contribution in [2.75, 3.05) is 0 Å². The SMILES string of the molecule is CC(C)(C)OC(=O)N1C(=O)[C@H]2C[C@H]1[C@@H]1C([Si](C)(C)C)[C@@H]12.